The summed E-state index contributed by atoms with van der Waals surface area (Å²) < 4.78 is 0. The number of nitrogens with one attached hydrogen (secondary N) is 1. The molecule has 0 radical (unpaired) electrons. The van der Waals surface area contributed by atoms with Gasteiger partial charge in [-0.25, -0.2) is 4.79 Å². The molecule has 0 spiro atoms. The minimum Gasteiger partial charge on any atom is -0.480 e. The summed E-state index contributed by atoms with van der Waals surface area (Å²) >= 11 is 0. The molecule has 104 valence electrons. The normalized spacial score (nSPS) is 15.6. The molecule has 1 fully saturated rings. The van der Waals surface area contributed by atoms with E-state index in [4.69, 9.17) is 5.11 Å². The van der Waals surface area contributed by atoms with Gasteiger partial charge in [0.15, 0.2) is 0 Å². The first-order valence-electron chi connectivity index (χ1n) is 6.88. The van der Waals surface area contributed by atoms with Gasteiger partial charge in [0.25, 0.3) is 0 Å². The van der Waals surface area contributed by atoms with Crippen LogP contribution in [-0.2, 0) is 4.79 Å². The van der Waals surface area contributed by atoms with Crippen molar-refractivity contribution in [2.24, 2.45) is 5.92 Å². The van der Waals surface area contributed by atoms with Gasteiger partial charge >= 0.3 is 12.0 Å². The van der Waals surface area contributed by atoms with Crippen LogP contribution in [0.4, 0.5) is 4.79 Å². The predicted octanol–water partition coefficient (Wildman–Crippen LogP) is 2.07. The number of urea groups is 1. The summed E-state index contributed by atoms with van der Waals surface area (Å²) in [5.41, 5.74) is 0. The lowest BCUT2D eigenvalue weighted by Gasteiger charge is -2.19. The molecule has 0 unspecified atom stereocenters. The quantitative estimate of drug-likeness (QED) is 0.685. The zero-order valence-electron chi connectivity index (χ0n) is 11.2. The summed E-state index contributed by atoms with van der Waals surface area (Å²) in [5, 5.41) is 11.4. The van der Waals surface area contributed by atoms with Gasteiger partial charge in [-0.05, 0) is 25.7 Å². The number of aliphatic carboxylic acids is 1. The first-order valence-corrected chi connectivity index (χ1v) is 6.88. The number of carbonyl (C=O) groups excluding carboxylic acids is 1. The van der Waals surface area contributed by atoms with Gasteiger partial charge in [-0.15, -0.1) is 0 Å². The third-order valence-corrected chi connectivity index (χ3v) is 3.54. The first kappa shape index (κ1) is 14.8. The number of hydrogen-bond donors (Lipinski definition) is 2. The molecule has 0 atom stereocenters. The average Bonchev–Trinajstić information content (AvgIpc) is 2.84. The summed E-state index contributed by atoms with van der Waals surface area (Å²) in [5.74, 6) is -0.138. The van der Waals surface area contributed by atoms with Gasteiger partial charge in [0.05, 0.1) is 0 Å². The SMILES string of the molecule is CCN(CC(=O)O)C(=O)NCCCC1CCCC1. The maximum atomic E-state index is 11.7. The van der Waals surface area contributed by atoms with Gasteiger partial charge in [-0.3, -0.25) is 4.79 Å². The number of hydrogen-bond acceptors (Lipinski definition) is 2. The zero-order chi connectivity index (χ0) is 13.4. The molecule has 1 aliphatic carbocycles. The largest absolute Gasteiger partial charge is 0.480 e. The van der Waals surface area contributed by atoms with Crippen LogP contribution < -0.4 is 5.32 Å². The highest BCUT2D eigenvalue weighted by Crippen LogP contribution is 2.28. The van der Waals surface area contributed by atoms with E-state index in [-0.39, 0.29) is 12.6 Å². The van der Waals surface area contributed by atoms with Gasteiger partial charge in [0.1, 0.15) is 6.54 Å². The number of rotatable bonds is 7. The van der Waals surface area contributed by atoms with E-state index in [2.05, 4.69) is 5.32 Å². The van der Waals surface area contributed by atoms with Crippen LogP contribution >= 0.6 is 0 Å². The van der Waals surface area contributed by atoms with E-state index in [1.165, 1.54) is 37.0 Å². The third kappa shape index (κ3) is 5.38. The fraction of sp³-hybridized carbons (Fsp3) is 0.846. The molecule has 5 nitrogen and oxygen atoms in total. The van der Waals surface area contributed by atoms with Crippen LogP contribution in [0.1, 0.15) is 45.4 Å². The molecule has 0 bridgehead atoms. The summed E-state index contributed by atoms with van der Waals surface area (Å²) in [6.45, 7) is 2.61. The molecular formula is C13H24N2O3. The van der Waals surface area contributed by atoms with Crippen molar-refractivity contribution in [3.8, 4) is 0 Å². The lowest BCUT2D eigenvalue weighted by Crippen LogP contribution is -2.42. The fourth-order valence-corrected chi connectivity index (χ4v) is 2.49. The molecule has 0 heterocycles. The molecule has 0 aromatic carbocycles. The van der Waals surface area contributed by atoms with E-state index in [1.54, 1.807) is 6.92 Å². The predicted molar refractivity (Wildman–Crippen MR) is 69.5 cm³/mol. The molecule has 1 aliphatic rings. The Hall–Kier alpha value is -1.26. The van der Waals surface area contributed by atoms with E-state index in [0.717, 1.165) is 12.3 Å². The lowest BCUT2D eigenvalue weighted by atomic mass is 10.0. The topological polar surface area (TPSA) is 69.6 Å². The second kappa shape index (κ2) is 7.95. The molecule has 18 heavy (non-hydrogen) atoms. The van der Waals surface area contributed by atoms with E-state index in [9.17, 15) is 9.59 Å². The summed E-state index contributed by atoms with van der Waals surface area (Å²) in [4.78, 5) is 23.5. The maximum absolute atomic E-state index is 11.7. The number of amides is 2. The minimum atomic E-state index is -0.974. The highest BCUT2D eigenvalue weighted by atomic mass is 16.4. The van der Waals surface area contributed by atoms with Crippen LogP contribution in [0, 0.1) is 5.92 Å². The lowest BCUT2D eigenvalue weighted by molar-refractivity contribution is -0.137. The minimum absolute atomic E-state index is 0.231. The number of carboxylic acid groups (broad SMARTS) is 1. The Kier molecular flexibility index (Phi) is 6.54. The van der Waals surface area contributed by atoms with Crippen LogP contribution in [0.3, 0.4) is 0 Å². The van der Waals surface area contributed by atoms with Crippen molar-refractivity contribution in [2.45, 2.75) is 45.4 Å². The van der Waals surface area contributed by atoms with E-state index >= 15 is 0 Å². The Morgan fingerprint density at radius 3 is 2.56 bits per heavy atom. The average molecular weight is 256 g/mol. The van der Waals surface area contributed by atoms with Crippen LogP contribution in [0.15, 0.2) is 0 Å². The van der Waals surface area contributed by atoms with E-state index in [1.807, 2.05) is 0 Å². The molecule has 1 saturated carbocycles. The molecule has 0 aliphatic heterocycles. The maximum Gasteiger partial charge on any atom is 0.323 e. The van der Waals surface area contributed by atoms with Crippen molar-refractivity contribution in [3.05, 3.63) is 0 Å². The van der Waals surface area contributed by atoms with Crippen molar-refractivity contribution in [1.29, 1.82) is 0 Å². The number of carbonyl (C=O) groups is 2. The van der Waals surface area contributed by atoms with Crippen LogP contribution in [0.5, 0.6) is 0 Å². The second-order valence-electron chi connectivity index (χ2n) is 4.93. The third-order valence-electron chi connectivity index (χ3n) is 3.54. The van der Waals surface area contributed by atoms with Crippen LogP contribution in [-0.4, -0.2) is 41.6 Å². The molecule has 5 heteroatoms. The second-order valence-corrected chi connectivity index (χ2v) is 4.93. The van der Waals surface area contributed by atoms with E-state index < -0.39 is 5.97 Å². The van der Waals surface area contributed by atoms with Crippen molar-refractivity contribution in [1.82, 2.24) is 10.2 Å². The Bertz CT molecular complexity index is 275. The highest BCUT2D eigenvalue weighted by molar-refractivity contribution is 5.79. The molecule has 2 amide bonds. The Balaban J connectivity index is 2.12. The molecule has 2 N–H and O–H groups in total. The van der Waals surface area contributed by atoms with Crippen molar-refractivity contribution >= 4 is 12.0 Å². The molecule has 1 rings (SSSR count). The Labute approximate surface area is 109 Å². The van der Waals surface area contributed by atoms with Crippen molar-refractivity contribution < 1.29 is 14.7 Å². The van der Waals surface area contributed by atoms with E-state index in [0.29, 0.717) is 13.1 Å². The number of carboxylic acids is 1. The molecule has 0 saturated heterocycles. The Morgan fingerprint density at radius 2 is 2.00 bits per heavy atom. The number of nitrogens with zero attached hydrogens (tertiary/aromatic N) is 1. The summed E-state index contributed by atoms with van der Waals surface area (Å²) in [6, 6.07) is -0.272. The van der Waals surface area contributed by atoms with Crippen LogP contribution in [0.25, 0.3) is 0 Å². The highest BCUT2D eigenvalue weighted by Gasteiger charge is 2.16. The monoisotopic (exact) mass is 256 g/mol. The zero-order valence-corrected chi connectivity index (χ0v) is 11.2. The van der Waals surface area contributed by atoms with Crippen molar-refractivity contribution in [3.63, 3.8) is 0 Å². The summed E-state index contributed by atoms with van der Waals surface area (Å²) in [6.07, 6.45) is 7.51. The fourth-order valence-electron chi connectivity index (χ4n) is 2.49. The standard InChI is InChI=1S/C13H24N2O3/c1-2-15(10-12(16)17)13(18)14-9-5-8-11-6-3-4-7-11/h11H,2-10H2,1H3,(H,14,18)(H,16,17). The van der Waals surface area contributed by atoms with Gasteiger partial charge in [-0.2, -0.15) is 0 Å². The Morgan fingerprint density at radius 1 is 1.33 bits per heavy atom. The van der Waals surface area contributed by atoms with Gasteiger partial charge in [0.2, 0.25) is 0 Å². The summed E-state index contributed by atoms with van der Waals surface area (Å²) in [7, 11) is 0. The molecule has 0 aromatic rings. The van der Waals surface area contributed by atoms with Crippen LogP contribution in [0.2, 0.25) is 0 Å². The van der Waals surface area contributed by atoms with Gasteiger partial charge in [-0.1, -0.05) is 25.7 Å². The van der Waals surface area contributed by atoms with Crippen molar-refractivity contribution in [2.75, 3.05) is 19.6 Å². The first-order chi connectivity index (χ1) is 8.63. The molecular weight excluding hydrogens is 232 g/mol. The molecule has 0 aromatic heterocycles. The smallest absolute Gasteiger partial charge is 0.323 e. The number of likely N-dealkylation sites (N-methyl/N-ethyl adjacent to an activating group) is 1. The van der Waals surface area contributed by atoms with Gasteiger partial charge < -0.3 is 15.3 Å². The van der Waals surface area contributed by atoms with Gasteiger partial charge in [0, 0.05) is 13.1 Å².